The molecule has 0 unspecified atom stereocenters. The number of hydrogen-bond donors (Lipinski definition) is 2. The van der Waals surface area contributed by atoms with Crippen molar-refractivity contribution in [3.63, 3.8) is 0 Å². The van der Waals surface area contributed by atoms with Gasteiger partial charge in [-0.25, -0.2) is 9.97 Å². The smallest absolute Gasteiger partial charge is 0.270 e. The van der Waals surface area contributed by atoms with Crippen LogP contribution in [0, 0.1) is 6.92 Å². The predicted molar refractivity (Wildman–Crippen MR) is 96.2 cm³/mol. The average Bonchev–Trinajstić information content (AvgIpc) is 2.62. The van der Waals surface area contributed by atoms with Crippen molar-refractivity contribution in [1.82, 2.24) is 15.3 Å². The number of rotatable bonds is 9. The van der Waals surface area contributed by atoms with Crippen molar-refractivity contribution in [3.05, 3.63) is 47.4 Å². The number of ether oxygens (including phenoxy) is 2. The van der Waals surface area contributed by atoms with Crippen LogP contribution in [0.2, 0.25) is 0 Å². The van der Waals surface area contributed by atoms with E-state index in [0.717, 1.165) is 17.7 Å². The summed E-state index contributed by atoms with van der Waals surface area (Å²) in [7, 11) is 3.25. The van der Waals surface area contributed by atoms with Gasteiger partial charge in [0.25, 0.3) is 5.91 Å². The summed E-state index contributed by atoms with van der Waals surface area (Å²) < 4.78 is 10.3. The Morgan fingerprint density at radius 3 is 2.72 bits per heavy atom. The topological polar surface area (TPSA) is 85.4 Å². The quantitative estimate of drug-likeness (QED) is 0.675. The van der Waals surface area contributed by atoms with Gasteiger partial charge in [0.15, 0.2) is 0 Å². The fourth-order valence-corrected chi connectivity index (χ4v) is 2.37. The molecule has 2 aromatic rings. The molecule has 0 aliphatic carbocycles. The van der Waals surface area contributed by atoms with Crippen LogP contribution in [0.15, 0.2) is 30.3 Å². The van der Waals surface area contributed by atoms with Gasteiger partial charge in [-0.2, -0.15) is 0 Å². The number of aromatic nitrogens is 2. The highest BCUT2D eigenvalue weighted by atomic mass is 16.5. The summed E-state index contributed by atoms with van der Waals surface area (Å²) in [5.74, 6) is 1.79. The summed E-state index contributed by atoms with van der Waals surface area (Å²) in [6, 6.07) is 9.54. The van der Waals surface area contributed by atoms with Crippen LogP contribution in [0.1, 0.15) is 21.9 Å². The van der Waals surface area contributed by atoms with Crippen molar-refractivity contribution in [1.29, 1.82) is 0 Å². The van der Waals surface area contributed by atoms with Crippen molar-refractivity contribution in [2.24, 2.45) is 0 Å². The third kappa shape index (κ3) is 5.72. The van der Waals surface area contributed by atoms with Gasteiger partial charge >= 0.3 is 0 Å². The summed E-state index contributed by atoms with van der Waals surface area (Å²) in [6.45, 7) is 3.33. The van der Waals surface area contributed by atoms with Gasteiger partial charge in [-0.05, 0) is 25.0 Å². The Labute approximate surface area is 147 Å². The zero-order valence-corrected chi connectivity index (χ0v) is 14.8. The standard InChI is InChI=1S/C18H24N4O3/c1-13-21-15(18(23)20-10-11-24-2)12-17(22-13)19-9-8-14-6-4-5-7-16(14)25-3/h4-7,12H,8-11H2,1-3H3,(H,20,23)(H,19,21,22). The summed E-state index contributed by atoms with van der Waals surface area (Å²) in [5, 5.41) is 5.99. The van der Waals surface area contributed by atoms with Crippen molar-refractivity contribution < 1.29 is 14.3 Å². The van der Waals surface area contributed by atoms with Crippen LogP contribution in [-0.2, 0) is 11.2 Å². The first kappa shape index (κ1) is 18.7. The number of methoxy groups -OCH3 is 2. The number of anilines is 1. The fraction of sp³-hybridized carbons (Fsp3) is 0.389. The first-order valence-electron chi connectivity index (χ1n) is 8.12. The van der Waals surface area contributed by atoms with Gasteiger partial charge in [0.1, 0.15) is 23.1 Å². The number of carbonyl (C=O) groups is 1. The molecular formula is C18H24N4O3. The van der Waals surface area contributed by atoms with E-state index in [1.807, 2.05) is 24.3 Å². The number of carbonyl (C=O) groups excluding carboxylic acids is 1. The minimum absolute atomic E-state index is 0.240. The number of hydrogen-bond acceptors (Lipinski definition) is 6. The lowest BCUT2D eigenvalue weighted by Crippen LogP contribution is -2.28. The van der Waals surface area contributed by atoms with Crippen molar-refractivity contribution in [3.8, 4) is 5.75 Å². The minimum atomic E-state index is -0.240. The van der Waals surface area contributed by atoms with E-state index in [4.69, 9.17) is 9.47 Å². The Hall–Kier alpha value is -2.67. The molecule has 2 rings (SSSR count). The van der Waals surface area contributed by atoms with Crippen LogP contribution in [0.4, 0.5) is 5.82 Å². The van der Waals surface area contributed by atoms with Crippen molar-refractivity contribution >= 4 is 11.7 Å². The summed E-state index contributed by atoms with van der Waals surface area (Å²) in [5.41, 5.74) is 1.45. The second kappa shape index (κ2) is 9.58. The third-order valence-electron chi connectivity index (χ3n) is 3.56. The number of amides is 1. The molecule has 7 nitrogen and oxygen atoms in total. The van der Waals surface area contributed by atoms with E-state index in [2.05, 4.69) is 20.6 Å². The molecule has 0 saturated carbocycles. The SMILES string of the molecule is COCCNC(=O)c1cc(NCCc2ccccc2OC)nc(C)n1. The second-order valence-corrected chi connectivity index (χ2v) is 5.42. The van der Waals surface area contributed by atoms with E-state index in [0.29, 0.717) is 37.0 Å². The molecule has 1 aromatic heterocycles. The lowest BCUT2D eigenvalue weighted by molar-refractivity contribution is 0.0931. The van der Waals surface area contributed by atoms with Gasteiger partial charge in [0.05, 0.1) is 13.7 Å². The van der Waals surface area contributed by atoms with Gasteiger partial charge in [-0.1, -0.05) is 18.2 Å². The zero-order valence-electron chi connectivity index (χ0n) is 14.8. The Kier molecular flexibility index (Phi) is 7.16. The number of para-hydroxylation sites is 1. The van der Waals surface area contributed by atoms with Crippen LogP contribution in [0.25, 0.3) is 0 Å². The molecule has 0 aliphatic rings. The van der Waals surface area contributed by atoms with Crippen LogP contribution in [-0.4, -0.2) is 49.8 Å². The van der Waals surface area contributed by atoms with E-state index in [9.17, 15) is 4.79 Å². The second-order valence-electron chi connectivity index (χ2n) is 5.42. The van der Waals surface area contributed by atoms with Crippen LogP contribution >= 0.6 is 0 Å². The zero-order chi connectivity index (χ0) is 18.1. The molecule has 1 aromatic carbocycles. The fourth-order valence-electron chi connectivity index (χ4n) is 2.37. The first-order valence-corrected chi connectivity index (χ1v) is 8.12. The Morgan fingerprint density at radius 1 is 1.16 bits per heavy atom. The van der Waals surface area contributed by atoms with E-state index in [1.54, 1.807) is 27.2 Å². The van der Waals surface area contributed by atoms with Crippen molar-refractivity contribution in [2.45, 2.75) is 13.3 Å². The number of nitrogens with zero attached hydrogens (tertiary/aromatic N) is 2. The van der Waals surface area contributed by atoms with Gasteiger partial charge in [0.2, 0.25) is 0 Å². The molecule has 2 N–H and O–H groups in total. The molecule has 0 bridgehead atoms. The van der Waals surface area contributed by atoms with E-state index < -0.39 is 0 Å². The average molecular weight is 344 g/mol. The Bertz CT molecular complexity index is 706. The Morgan fingerprint density at radius 2 is 1.96 bits per heavy atom. The molecule has 0 saturated heterocycles. The molecular weight excluding hydrogens is 320 g/mol. The van der Waals surface area contributed by atoms with Gasteiger partial charge in [-0.15, -0.1) is 0 Å². The van der Waals surface area contributed by atoms with Crippen LogP contribution in [0.3, 0.4) is 0 Å². The molecule has 25 heavy (non-hydrogen) atoms. The molecule has 7 heteroatoms. The largest absolute Gasteiger partial charge is 0.496 e. The maximum Gasteiger partial charge on any atom is 0.270 e. The van der Waals surface area contributed by atoms with Gasteiger partial charge in [-0.3, -0.25) is 4.79 Å². The molecule has 0 aliphatic heterocycles. The van der Waals surface area contributed by atoms with Crippen molar-refractivity contribution in [2.75, 3.05) is 39.2 Å². The molecule has 1 heterocycles. The molecule has 0 radical (unpaired) electrons. The highest BCUT2D eigenvalue weighted by Gasteiger charge is 2.10. The third-order valence-corrected chi connectivity index (χ3v) is 3.56. The maximum absolute atomic E-state index is 12.1. The number of aryl methyl sites for hydroxylation is 1. The van der Waals surface area contributed by atoms with Crippen LogP contribution < -0.4 is 15.4 Å². The number of nitrogens with one attached hydrogen (secondary N) is 2. The molecule has 0 fully saturated rings. The van der Waals surface area contributed by atoms with E-state index in [-0.39, 0.29) is 5.91 Å². The number of benzene rings is 1. The lowest BCUT2D eigenvalue weighted by atomic mass is 10.1. The molecule has 0 atom stereocenters. The van der Waals surface area contributed by atoms with E-state index >= 15 is 0 Å². The normalized spacial score (nSPS) is 10.4. The monoisotopic (exact) mass is 344 g/mol. The van der Waals surface area contributed by atoms with E-state index in [1.165, 1.54) is 0 Å². The highest BCUT2D eigenvalue weighted by Crippen LogP contribution is 2.17. The summed E-state index contributed by atoms with van der Waals surface area (Å²) in [4.78, 5) is 20.6. The molecule has 0 spiro atoms. The highest BCUT2D eigenvalue weighted by molar-refractivity contribution is 5.92. The minimum Gasteiger partial charge on any atom is -0.496 e. The Balaban J connectivity index is 1.96. The van der Waals surface area contributed by atoms with Gasteiger partial charge < -0.3 is 20.1 Å². The molecule has 1 amide bonds. The predicted octanol–water partition coefficient (Wildman–Crippen LogP) is 1.82. The lowest BCUT2D eigenvalue weighted by Gasteiger charge is -2.11. The van der Waals surface area contributed by atoms with Crippen LogP contribution in [0.5, 0.6) is 5.75 Å². The summed E-state index contributed by atoms with van der Waals surface area (Å²) in [6.07, 6.45) is 0.780. The maximum atomic E-state index is 12.1. The first-order chi connectivity index (χ1) is 12.1. The molecule has 134 valence electrons. The summed E-state index contributed by atoms with van der Waals surface area (Å²) >= 11 is 0. The van der Waals surface area contributed by atoms with Gasteiger partial charge in [0, 0.05) is 26.3 Å².